The van der Waals surface area contributed by atoms with Crippen LogP contribution in [0.5, 0.6) is 0 Å². The van der Waals surface area contributed by atoms with Crippen LogP contribution in [-0.4, -0.2) is 14.5 Å². The van der Waals surface area contributed by atoms with E-state index in [0.717, 1.165) is 67.5 Å². The summed E-state index contributed by atoms with van der Waals surface area (Å²) in [5, 5.41) is 2.50. The lowest BCUT2D eigenvalue weighted by atomic mass is 9.97. The van der Waals surface area contributed by atoms with Crippen LogP contribution in [0.1, 0.15) is 5.69 Å². The minimum Gasteiger partial charge on any atom is -0.397 e. The third-order valence-electron chi connectivity index (χ3n) is 11.1. The van der Waals surface area contributed by atoms with Gasteiger partial charge in [0.25, 0.3) is 0 Å². The van der Waals surface area contributed by atoms with Crippen LogP contribution in [0.25, 0.3) is 78.0 Å². The van der Waals surface area contributed by atoms with Gasteiger partial charge in [-0.3, -0.25) is 4.98 Å². The Balaban J connectivity index is 1.03. The fourth-order valence-corrected chi connectivity index (χ4v) is 8.28. The van der Waals surface area contributed by atoms with Gasteiger partial charge in [0.15, 0.2) is 0 Å². The summed E-state index contributed by atoms with van der Waals surface area (Å²) < 4.78 is 2.37. The molecule has 0 bridgehead atoms. The number of hydrogen-bond donors (Lipinski definition) is 1. The standard InChI is InChI=1S/C56H41N5/c1-2-16-51(57)53-37-44(38-54(59-53)52-29-10-11-32-58-52)40-18-12-17-39(33-40)41-19-13-24-46(34-41)60(45-22-4-3-5-23-45)47-25-14-20-42(35-47)43-21-15-26-48(36-43)61-55-30-8-6-27-49(55)50-28-7-9-31-56(50)61/h2-38H,1,57H2/b51-16-. The van der Waals surface area contributed by atoms with Gasteiger partial charge in [0.05, 0.1) is 33.8 Å². The Labute approximate surface area is 355 Å². The van der Waals surface area contributed by atoms with Crippen LogP contribution in [0.2, 0.25) is 0 Å². The highest BCUT2D eigenvalue weighted by Crippen LogP contribution is 2.40. The average Bonchev–Trinajstić information content (AvgIpc) is 3.67. The Kier molecular flexibility index (Phi) is 9.81. The number of allylic oxidation sites excluding steroid dienone is 2. The third kappa shape index (κ3) is 7.26. The first kappa shape index (κ1) is 37.0. The van der Waals surface area contributed by atoms with Crippen molar-refractivity contribution in [3.63, 3.8) is 0 Å². The van der Waals surface area contributed by atoms with Crippen LogP contribution in [0, 0.1) is 0 Å². The predicted molar refractivity (Wildman–Crippen MR) is 255 cm³/mol. The van der Waals surface area contributed by atoms with Gasteiger partial charge in [0, 0.05) is 39.7 Å². The molecule has 0 unspecified atom stereocenters. The Morgan fingerprint density at radius 3 is 1.66 bits per heavy atom. The van der Waals surface area contributed by atoms with Gasteiger partial charge in [-0.2, -0.15) is 0 Å². The molecule has 0 aliphatic heterocycles. The zero-order chi connectivity index (χ0) is 41.1. The summed E-state index contributed by atoms with van der Waals surface area (Å²) in [7, 11) is 0. The Morgan fingerprint density at radius 2 is 1.02 bits per heavy atom. The lowest BCUT2D eigenvalue weighted by Gasteiger charge is -2.26. The molecule has 290 valence electrons. The van der Waals surface area contributed by atoms with E-state index >= 15 is 0 Å². The molecule has 0 aliphatic rings. The number of rotatable bonds is 10. The van der Waals surface area contributed by atoms with Gasteiger partial charge in [0.1, 0.15) is 0 Å². The van der Waals surface area contributed by atoms with E-state index in [1.165, 1.54) is 21.8 Å². The van der Waals surface area contributed by atoms with Crippen molar-refractivity contribution in [2.75, 3.05) is 4.90 Å². The Bertz CT molecular complexity index is 3180. The summed E-state index contributed by atoms with van der Waals surface area (Å²) in [5.41, 5.74) is 22.4. The van der Waals surface area contributed by atoms with Crippen LogP contribution in [0.4, 0.5) is 17.1 Å². The molecule has 61 heavy (non-hydrogen) atoms. The number of nitrogens with two attached hydrogens (primary N) is 1. The average molecular weight is 784 g/mol. The molecule has 3 aromatic heterocycles. The van der Waals surface area contributed by atoms with E-state index in [0.29, 0.717) is 11.4 Å². The van der Waals surface area contributed by atoms with Gasteiger partial charge in [-0.05, 0) is 130 Å². The maximum Gasteiger partial charge on any atom is 0.0900 e. The van der Waals surface area contributed by atoms with Gasteiger partial charge in [0.2, 0.25) is 0 Å². The van der Waals surface area contributed by atoms with Gasteiger partial charge in [-0.1, -0.05) is 128 Å². The van der Waals surface area contributed by atoms with Crippen molar-refractivity contribution in [3.05, 3.63) is 237 Å². The zero-order valence-electron chi connectivity index (χ0n) is 33.4. The number of para-hydroxylation sites is 3. The Hall–Kier alpha value is -8.28. The molecule has 0 radical (unpaired) electrons. The van der Waals surface area contributed by atoms with E-state index < -0.39 is 0 Å². The number of hydrogen-bond acceptors (Lipinski definition) is 4. The summed E-state index contributed by atoms with van der Waals surface area (Å²) in [4.78, 5) is 11.8. The van der Waals surface area contributed by atoms with Crippen molar-refractivity contribution in [2.24, 2.45) is 5.73 Å². The SMILES string of the molecule is C=C/C=C(\N)c1cc(-c2cccc(-c3cccc(N(c4ccccc4)c4cccc(-c5cccc(-n6c7ccccc7c7ccccc76)c5)c4)c3)c2)cc(-c2ccccn2)n1. The van der Waals surface area contributed by atoms with Crippen LogP contribution in [0.15, 0.2) is 231 Å². The van der Waals surface area contributed by atoms with Crippen molar-refractivity contribution in [3.8, 4) is 50.5 Å². The minimum atomic E-state index is 0.541. The van der Waals surface area contributed by atoms with Crippen LogP contribution < -0.4 is 10.6 Å². The molecule has 10 rings (SSSR count). The van der Waals surface area contributed by atoms with Crippen molar-refractivity contribution < 1.29 is 0 Å². The minimum absolute atomic E-state index is 0.541. The molecular weight excluding hydrogens is 743 g/mol. The number of pyridine rings is 2. The maximum atomic E-state index is 6.47. The van der Waals surface area contributed by atoms with E-state index in [1.54, 1.807) is 18.3 Å². The molecule has 7 aromatic carbocycles. The largest absolute Gasteiger partial charge is 0.397 e. The number of fused-ring (bicyclic) bond motifs is 3. The first-order valence-electron chi connectivity index (χ1n) is 20.4. The smallest absolute Gasteiger partial charge is 0.0900 e. The van der Waals surface area contributed by atoms with Crippen molar-refractivity contribution in [2.45, 2.75) is 0 Å². The van der Waals surface area contributed by atoms with Crippen LogP contribution in [-0.2, 0) is 0 Å². The van der Waals surface area contributed by atoms with E-state index in [-0.39, 0.29) is 0 Å². The quantitative estimate of drug-likeness (QED) is 0.140. The highest BCUT2D eigenvalue weighted by atomic mass is 15.1. The molecule has 0 atom stereocenters. The first-order valence-corrected chi connectivity index (χ1v) is 20.4. The topological polar surface area (TPSA) is 60.0 Å². The maximum absolute atomic E-state index is 6.47. The molecule has 10 aromatic rings. The van der Waals surface area contributed by atoms with Gasteiger partial charge < -0.3 is 15.2 Å². The summed E-state index contributed by atoms with van der Waals surface area (Å²) in [5.74, 6) is 0. The number of anilines is 3. The molecule has 3 heterocycles. The van der Waals surface area contributed by atoms with Crippen molar-refractivity contribution >= 4 is 44.6 Å². The summed E-state index contributed by atoms with van der Waals surface area (Å²) in [6, 6.07) is 72.9. The number of nitrogens with zero attached hydrogens (tertiary/aromatic N) is 4. The van der Waals surface area contributed by atoms with Gasteiger partial charge >= 0.3 is 0 Å². The molecule has 0 amide bonds. The molecule has 0 fully saturated rings. The summed E-state index contributed by atoms with van der Waals surface area (Å²) in [6.45, 7) is 3.84. The second kappa shape index (κ2) is 16.2. The molecule has 0 spiro atoms. The molecular formula is C56H41N5. The van der Waals surface area contributed by atoms with Crippen molar-refractivity contribution in [1.82, 2.24) is 14.5 Å². The lowest BCUT2D eigenvalue weighted by Crippen LogP contribution is -2.10. The van der Waals surface area contributed by atoms with E-state index in [9.17, 15) is 0 Å². The molecule has 0 aliphatic carbocycles. The first-order chi connectivity index (χ1) is 30.1. The Morgan fingerprint density at radius 1 is 0.475 bits per heavy atom. The fraction of sp³-hybridized carbons (Fsp3) is 0. The predicted octanol–water partition coefficient (Wildman–Crippen LogP) is 14.2. The van der Waals surface area contributed by atoms with Crippen LogP contribution in [0.3, 0.4) is 0 Å². The molecule has 5 nitrogen and oxygen atoms in total. The monoisotopic (exact) mass is 783 g/mol. The van der Waals surface area contributed by atoms with Gasteiger partial charge in [-0.15, -0.1) is 0 Å². The molecule has 2 N–H and O–H groups in total. The second-order valence-electron chi connectivity index (χ2n) is 15.0. The van der Waals surface area contributed by atoms with Crippen LogP contribution >= 0.6 is 0 Å². The number of aromatic nitrogens is 3. The second-order valence-corrected chi connectivity index (χ2v) is 15.0. The lowest BCUT2D eigenvalue weighted by molar-refractivity contribution is 1.18. The third-order valence-corrected chi connectivity index (χ3v) is 11.1. The highest BCUT2D eigenvalue weighted by molar-refractivity contribution is 6.09. The fourth-order valence-electron chi connectivity index (χ4n) is 8.28. The van der Waals surface area contributed by atoms with E-state index in [2.05, 4.69) is 203 Å². The summed E-state index contributed by atoms with van der Waals surface area (Å²) >= 11 is 0. The zero-order valence-corrected chi connectivity index (χ0v) is 33.4. The van der Waals surface area contributed by atoms with Gasteiger partial charge in [-0.25, -0.2) is 4.98 Å². The molecule has 0 saturated heterocycles. The van der Waals surface area contributed by atoms with E-state index in [4.69, 9.17) is 10.7 Å². The molecule has 0 saturated carbocycles. The normalized spacial score (nSPS) is 11.5. The molecule has 5 heteroatoms. The van der Waals surface area contributed by atoms with Crippen molar-refractivity contribution in [1.29, 1.82) is 0 Å². The van der Waals surface area contributed by atoms with E-state index in [1.807, 2.05) is 24.3 Å². The number of benzene rings is 7. The highest BCUT2D eigenvalue weighted by Gasteiger charge is 2.17. The summed E-state index contributed by atoms with van der Waals surface area (Å²) in [6.07, 6.45) is 5.23.